The first-order chi connectivity index (χ1) is 11.2. The van der Waals surface area contributed by atoms with Crippen molar-refractivity contribution in [3.8, 4) is 11.5 Å². The van der Waals surface area contributed by atoms with Crippen LogP contribution in [-0.2, 0) is 6.54 Å². The lowest BCUT2D eigenvalue weighted by Gasteiger charge is -2.10. The summed E-state index contributed by atoms with van der Waals surface area (Å²) in [5, 5.41) is 3.08. The van der Waals surface area contributed by atoms with Crippen LogP contribution < -0.4 is 20.5 Å². The first kappa shape index (κ1) is 15.7. The summed E-state index contributed by atoms with van der Waals surface area (Å²) >= 11 is 3.41. The number of ether oxygens (including phenoxy) is 2. The molecule has 1 aliphatic rings. The van der Waals surface area contributed by atoms with E-state index >= 15 is 0 Å². The Morgan fingerprint density at radius 3 is 2.61 bits per heavy atom. The molecule has 1 aliphatic heterocycles. The number of nitrogens with zero attached hydrogens (tertiary/aromatic N) is 1. The summed E-state index contributed by atoms with van der Waals surface area (Å²) in [6, 6.07) is 13.6. The highest BCUT2D eigenvalue weighted by Gasteiger charge is 2.10. The van der Waals surface area contributed by atoms with Gasteiger partial charge in [-0.1, -0.05) is 28.1 Å². The summed E-state index contributed by atoms with van der Waals surface area (Å²) in [5.41, 5.74) is 7.87. The number of aliphatic imine (C=N–C) groups is 1. The fraction of sp³-hybridized carbons (Fsp3) is 0.235. The quantitative estimate of drug-likeness (QED) is 0.635. The number of fused-ring (bicyclic) bond motifs is 1. The summed E-state index contributed by atoms with van der Waals surface area (Å²) in [6.45, 7) is 1.86. The van der Waals surface area contributed by atoms with Crippen LogP contribution in [0.2, 0.25) is 0 Å². The van der Waals surface area contributed by atoms with Gasteiger partial charge in [0.1, 0.15) is 0 Å². The number of hydrogen-bond donors (Lipinski definition) is 2. The molecule has 0 spiro atoms. The molecule has 0 aliphatic carbocycles. The molecule has 6 heteroatoms. The third kappa shape index (κ3) is 4.39. The smallest absolute Gasteiger partial charge is 0.193 e. The molecule has 2 aromatic rings. The fourth-order valence-corrected chi connectivity index (χ4v) is 2.46. The summed E-state index contributed by atoms with van der Waals surface area (Å²) in [6.07, 6.45) is 0.883. The number of rotatable bonds is 3. The molecule has 0 unspecified atom stereocenters. The van der Waals surface area contributed by atoms with Crippen LogP contribution >= 0.6 is 15.9 Å². The lowest BCUT2D eigenvalue weighted by atomic mass is 10.2. The van der Waals surface area contributed by atoms with Crippen LogP contribution in [0.15, 0.2) is 51.9 Å². The summed E-state index contributed by atoms with van der Waals surface area (Å²) in [4.78, 5) is 4.35. The maximum absolute atomic E-state index is 5.95. The van der Waals surface area contributed by atoms with Crippen LogP contribution in [0.3, 0.4) is 0 Å². The largest absolute Gasteiger partial charge is 0.490 e. The first-order valence-electron chi connectivity index (χ1n) is 7.42. The van der Waals surface area contributed by atoms with E-state index in [0.717, 1.165) is 33.6 Å². The van der Waals surface area contributed by atoms with E-state index in [4.69, 9.17) is 15.2 Å². The molecule has 3 rings (SSSR count). The molecule has 3 N–H and O–H groups in total. The average molecular weight is 376 g/mol. The Kier molecular flexibility index (Phi) is 5.02. The van der Waals surface area contributed by atoms with Crippen molar-refractivity contribution in [1.82, 2.24) is 0 Å². The minimum atomic E-state index is 0.363. The second-order valence-electron chi connectivity index (χ2n) is 5.16. The second-order valence-corrected chi connectivity index (χ2v) is 6.08. The molecule has 0 amide bonds. The van der Waals surface area contributed by atoms with Crippen molar-refractivity contribution in [3.63, 3.8) is 0 Å². The van der Waals surface area contributed by atoms with Gasteiger partial charge in [0.25, 0.3) is 0 Å². The zero-order valence-electron chi connectivity index (χ0n) is 12.6. The van der Waals surface area contributed by atoms with Crippen LogP contribution in [0.25, 0.3) is 0 Å². The highest BCUT2D eigenvalue weighted by molar-refractivity contribution is 9.10. The number of benzene rings is 2. The van der Waals surface area contributed by atoms with Gasteiger partial charge in [-0.2, -0.15) is 0 Å². The van der Waals surface area contributed by atoms with Gasteiger partial charge in [0.2, 0.25) is 0 Å². The van der Waals surface area contributed by atoms with E-state index in [0.29, 0.717) is 25.7 Å². The minimum Gasteiger partial charge on any atom is -0.490 e. The topological polar surface area (TPSA) is 68.9 Å². The van der Waals surface area contributed by atoms with Gasteiger partial charge in [0.15, 0.2) is 17.5 Å². The molecule has 5 nitrogen and oxygen atoms in total. The number of guanidine groups is 1. The Bertz CT molecular complexity index is 701. The Morgan fingerprint density at radius 1 is 1.09 bits per heavy atom. The van der Waals surface area contributed by atoms with Gasteiger partial charge in [0, 0.05) is 22.6 Å². The van der Waals surface area contributed by atoms with Gasteiger partial charge in [-0.15, -0.1) is 0 Å². The summed E-state index contributed by atoms with van der Waals surface area (Å²) < 4.78 is 12.3. The third-order valence-electron chi connectivity index (χ3n) is 3.37. The van der Waals surface area contributed by atoms with Gasteiger partial charge in [-0.3, -0.25) is 0 Å². The summed E-state index contributed by atoms with van der Waals surface area (Å²) in [5.74, 6) is 1.86. The Hall–Kier alpha value is -2.21. The van der Waals surface area contributed by atoms with Crippen LogP contribution in [0, 0.1) is 0 Å². The molecule has 120 valence electrons. The zero-order chi connectivity index (χ0) is 16.1. The average Bonchev–Trinajstić information content (AvgIpc) is 2.79. The van der Waals surface area contributed by atoms with E-state index in [-0.39, 0.29) is 0 Å². The highest BCUT2D eigenvalue weighted by Crippen LogP contribution is 2.32. The normalized spacial score (nSPS) is 14.2. The molecule has 0 bridgehead atoms. The maximum Gasteiger partial charge on any atom is 0.193 e. The number of nitrogens with two attached hydrogens (primary N) is 1. The van der Waals surface area contributed by atoms with Crippen LogP contribution in [0.4, 0.5) is 5.69 Å². The highest BCUT2D eigenvalue weighted by atomic mass is 79.9. The van der Waals surface area contributed by atoms with Crippen molar-refractivity contribution < 1.29 is 9.47 Å². The number of nitrogens with one attached hydrogen (secondary N) is 1. The SMILES string of the molecule is NC(=NCc1ccc(Br)cc1)Nc1ccc2c(c1)OCCCO2. The lowest BCUT2D eigenvalue weighted by molar-refractivity contribution is 0.297. The monoisotopic (exact) mass is 375 g/mol. The third-order valence-corrected chi connectivity index (χ3v) is 3.89. The predicted molar refractivity (Wildman–Crippen MR) is 95.1 cm³/mol. The van der Waals surface area contributed by atoms with Crippen LogP contribution in [0.5, 0.6) is 11.5 Å². The van der Waals surface area contributed by atoms with E-state index in [1.165, 1.54) is 0 Å². The molecule has 0 saturated carbocycles. The van der Waals surface area contributed by atoms with Gasteiger partial charge >= 0.3 is 0 Å². The van der Waals surface area contributed by atoms with E-state index < -0.39 is 0 Å². The maximum atomic E-state index is 5.95. The lowest BCUT2D eigenvalue weighted by Crippen LogP contribution is -2.22. The van der Waals surface area contributed by atoms with E-state index in [9.17, 15) is 0 Å². The van der Waals surface area contributed by atoms with Crippen molar-refractivity contribution >= 4 is 27.6 Å². The Balaban J connectivity index is 1.65. The predicted octanol–water partition coefficient (Wildman–Crippen LogP) is 3.54. The molecule has 2 aromatic carbocycles. The molecule has 0 aromatic heterocycles. The van der Waals surface area contributed by atoms with E-state index in [2.05, 4.69) is 26.2 Å². The molecular weight excluding hydrogens is 358 g/mol. The van der Waals surface area contributed by atoms with Crippen molar-refractivity contribution in [2.75, 3.05) is 18.5 Å². The van der Waals surface area contributed by atoms with Crippen LogP contribution in [-0.4, -0.2) is 19.2 Å². The fourth-order valence-electron chi connectivity index (χ4n) is 2.19. The number of anilines is 1. The van der Waals surface area contributed by atoms with Crippen molar-refractivity contribution in [1.29, 1.82) is 0 Å². The van der Waals surface area contributed by atoms with Crippen molar-refractivity contribution in [2.45, 2.75) is 13.0 Å². The van der Waals surface area contributed by atoms with Gasteiger partial charge < -0.3 is 20.5 Å². The molecule has 0 radical (unpaired) electrons. The van der Waals surface area contributed by atoms with Gasteiger partial charge in [-0.05, 0) is 29.8 Å². The van der Waals surface area contributed by atoms with E-state index in [1.54, 1.807) is 0 Å². The van der Waals surface area contributed by atoms with Gasteiger partial charge in [-0.25, -0.2) is 4.99 Å². The Labute approximate surface area is 143 Å². The summed E-state index contributed by atoms with van der Waals surface area (Å²) in [7, 11) is 0. The van der Waals surface area contributed by atoms with E-state index in [1.807, 2.05) is 42.5 Å². The number of hydrogen-bond acceptors (Lipinski definition) is 3. The second kappa shape index (κ2) is 7.37. The number of halogens is 1. The molecule has 0 atom stereocenters. The molecule has 23 heavy (non-hydrogen) atoms. The Morgan fingerprint density at radius 2 is 1.83 bits per heavy atom. The zero-order valence-corrected chi connectivity index (χ0v) is 14.2. The molecular formula is C17H18BrN3O2. The van der Waals surface area contributed by atoms with Gasteiger partial charge in [0.05, 0.1) is 19.8 Å². The molecule has 1 heterocycles. The standard InChI is InChI=1S/C17H18BrN3O2/c18-13-4-2-12(3-5-13)11-20-17(19)21-14-6-7-15-16(10-14)23-9-1-8-22-15/h2-7,10H,1,8-9,11H2,(H3,19,20,21). The van der Waals surface area contributed by atoms with Crippen molar-refractivity contribution in [3.05, 3.63) is 52.5 Å². The van der Waals surface area contributed by atoms with Crippen LogP contribution in [0.1, 0.15) is 12.0 Å². The first-order valence-corrected chi connectivity index (χ1v) is 8.21. The van der Waals surface area contributed by atoms with Crippen molar-refractivity contribution in [2.24, 2.45) is 10.7 Å². The molecule has 0 saturated heterocycles. The molecule has 0 fully saturated rings. The minimum absolute atomic E-state index is 0.363.